The number of rotatable bonds is 37. The van der Waals surface area contributed by atoms with Crippen LogP contribution in [0.5, 0.6) is 28.7 Å². The van der Waals surface area contributed by atoms with Gasteiger partial charge in [-0.1, -0.05) is 196 Å². The Bertz CT molecular complexity index is 5860. The molecule has 3 saturated carbocycles. The first-order chi connectivity index (χ1) is 68.5. The lowest BCUT2D eigenvalue weighted by molar-refractivity contribution is -0.363. The highest BCUT2D eigenvalue weighted by atomic mass is 32.2. The van der Waals surface area contributed by atoms with E-state index in [4.69, 9.17) is 141 Å². The Morgan fingerprint density at radius 3 is 0.669 bits per heavy atom. The van der Waals surface area contributed by atoms with Crippen LogP contribution in [0.1, 0.15) is 172 Å². The van der Waals surface area contributed by atoms with Crippen molar-refractivity contribution >= 4 is 196 Å². The Morgan fingerprint density at radius 2 is 0.453 bits per heavy atom. The summed E-state index contributed by atoms with van der Waals surface area (Å²) in [6.07, 6.45) is -42.4. The highest BCUT2D eigenvalue weighted by molar-refractivity contribution is 7.86. The van der Waals surface area contributed by atoms with E-state index < -0.39 is 227 Å². The van der Waals surface area contributed by atoms with Crippen molar-refractivity contribution in [1.82, 2.24) is 0 Å². The minimum Gasteiger partial charge on any atom is -0.748 e. The maximum atomic E-state index is 14.0. The normalized spacial score (nSPS) is 17.6. The number of carbonyl (C=O) groups excluding carboxylic acids is 8. The summed E-state index contributed by atoms with van der Waals surface area (Å²) in [5, 5.41) is 0. The van der Waals surface area contributed by atoms with Gasteiger partial charge in [-0.2, -0.15) is 79.0 Å². The predicted molar refractivity (Wildman–Crippen MR) is 499 cm³/mol. The largest absolute Gasteiger partial charge is 0.748 e. The van der Waals surface area contributed by atoms with Crippen molar-refractivity contribution in [3.8, 4) is 28.7 Å². The van der Waals surface area contributed by atoms with Crippen molar-refractivity contribution in [3.63, 3.8) is 0 Å². The van der Waals surface area contributed by atoms with Crippen LogP contribution in [0.15, 0.2) is 78.9 Å². The van der Waals surface area contributed by atoms with Crippen LogP contribution < -0.4 is 23.7 Å². The standard InChI is InChI=1S/C31H28B6F6O9S.C31H22B6F6O9S.C25H27B3F6O7S/c2*32-8-15-1-20(10-34)24(21(2-15)11-35)50-26(44)17-5-18(27(45)51-25-22(12-36)3-16(9-33)4-23(25)13-37)7-19(6-17)28(46)52-29(30(38,39)40,31(41,42)43)14-53(47,48)49;26-9-13-7-14(10-27)20(15(8-13)11-28)40-21(35)18-5-1-4-17-16(18)3-2-6-19(17)22(36)41-23(24(29,30)31,25(32,33)34)12-42(37,38)39/h1-4,17-19H,5-14H2,(H,47,48,49);1-7H,8-14H2,(H,47,48,49);7-8,16-19H,1-6,9-12H2,(H,37,38,39)/p-3. The third-order valence-electron chi connectivity index (χ3n) is 24.2. The number of halogens is 18. The minimum atomic E-state index is -6.73. The van der Waals surface area contributed by atoms with Gasteiger partial charge in [-0.3, -0.25) is 24.0 Å². The smallest absolute Gasteiger partial charge is 0.438 e. The van der Waals surface area contributed by atoms with Gasteiger partial charge in [0.15, 0.2) is 0 Å². The Balaban J connectivity index is 0.000000303. The average molecular weight is 2120 g/mol. The second-order valence-corrected chi connectivity index (χ2v) is 38.3. The van der Waals surface area contributed by atoms with Gasteiger partial charge in [-0.15, -0.1) is 0 Å². The zero-order chi connectivity index (χ0) is 112. The molecule has 3 fully saturated rings. The molecule has 30 radical (unpaired) electrons. The van der Waals surface area contributed by atoms with Crippen molar-refractivity contribution < 1.29 is 194 Å². The fraction of sp³-hybridized carbons (Fsp3) is 0.494. The highest BCUT2D eigenvalue weighted by Gasteiger charge is 2.78. The van der Waals surface area contributed by atoms with Gasteiger partial charge in [0.25, 0.3) is 0 Å². The molecular weight excluding hydrogens is 2050 g/mol. The van der Waals surface area contributed by atoms with E-state index in [0.29, 0.717) is 70.0 Å². The van der Waals surface area contributed by atoms with E-state index in [2.05, 4.69) is 14.2 Å². The lowest BCUT2D eigenvalue weighted by Crippen LogP contribution is -2.64. The number of hydrogen-bond donors (Lipinski definition) is 0. The number of carbonyl (C=O) groups is 8. The van der Waals surface area contributed by atoms with Crippen molar-refractivity contribution in [2.75, 3.05) is 17.3 Å². The fourth-order valence-electron chi connectivity index (χ4n) is 17.1. The van der Waals surface area contributed by atoms with Gasteiger partial charge in [0.2, 0.25) is 0 Å². The zero-order valence-corrected chi connectivity index (χ0v) is 80.0. The molecule has 6 atom stereocenters. The molecule has 0 N–H and O–H groups in total. The van der Waals surface area contributed by atoms with Gasteiger partial charge < -0.3 is 51.6 Å². The minimum absolute atomic E-state index is 0.0154. The molecule has 6 unspecified atom stereocenters. The van der Waals surface area contributed by atoms with Crippen LogP contribution in [0, 0.1) is 41.4 Å². The van der Waals surface area contributed by atoms with Gasteiger partial charge >= 0.3 is 102 Å². The molecule has 148 heavy (non-hydrogen) atoms. The Morgan fingerprint density at radius 1 is 0.257 bits per heavy atom. The first-order valence-electron chi connectivity index (χ1n) is 43.9. The maximum absolute atomic E-state index is 14.0. The fourth-order valence-corrected chi connectivity index (χ4v) is 19.7. The first-order valence-corrected chi connectivity index (χ1v) is 48.7. The second kappa shape index (κ2) is 50.8. The molecule has 0 saturated heterocycles. The summed E-state index contributed by atoms with van der Waals surface area (Å²) in [4.78, 5) is 107. The van der Waals surface area contributed by atoms with Gasteiger partial charge in [0.1, 0.15) is 28.7 Å². The second-order valence-electron chi connectivity index (χ2n) is 34.1. The Kier molecular flexibility index (Phi) is 43.1. The van der Waals surface area contributed by atoms with Gasteiger partial charge in [-0.25, -0.2) is 39.6 Å². The lowest BCUT2D eigenvalue weighted by atomic mass is 9.61. The third kappa shape index (κ3) is 30.3. The predicted octanol–water partition coefficient (Wildman–Crippen LogP) is 8.28. The molecule has 61 heteroatoms. The molecule has 0 bridgehead atoms. The molecule has 3 aliphatic rings. The van der Waals surface area contributed by atoms with Gasteiger partial charge in [0.05, 0.1) is 212 Å². The van der Waals surface area contributed by atoms with E-state index in [1.807, 2.05) is 0 Å². The molecule has 3 aliphatic carbocycles. The molecule has 0 spiro atoms. The Labute approximate surface area is 858 Å². The molecule has 25 nitrogen and oxygen atoms in total. The molecule has 764 valence electrons. The van der Waals surface area contributed by atoms with Crippen LogP contribution in [0.3, 0.4) is 0 Å². The summed E-state index contributed by atoms with van der Waals surface area (Å²) in [5.74, 6) is -32.2. The number of alkyl halides is 18. The first kappa shape index (κ1) is 125. The molecule has 0 aromatic heterocycles. The topological polar surface area (TPSA) is 382 Å². The highest BCUT2D eigenvalue weighted by Crippen LogP contribution is 2.55. The zero-order valence-electron chi connectivity index (χ0n) is 77.5. The summed E-state index contributed by atoms with van der Waals surface area (Å²) in [6, 6.07) is 16.6. The lowest BCUT2D eigenvalue weighted by Gasteiger charge is -2.45. The molecule has 0 heterocycles. The van der Waals surface area contributed by atoms with E-state index in [9.17, 15) is 156 Å². The molecule has 6 aromatic carbocycles. The number of hydrogen-bond acceptors (Lipinski definition) is 25. The van der Waals surface area contributed by atoms with Crippen LogP contribution in [0.2, 0.25) is 0 Å². The maximum Gasteiger partial charge on any atom is 0.438 e. The quantitative estimate of drug-likeness (QED) is 0.00883. The van der Waals surface area contributed by atoms with E-state index >= 15 is 0 Å². The van der Waals surface area contributed by atoms with Crippen LogP contribution >= 0.6 is 0 Å². The van der Waals surface area contributed by atoms with Crippen LogP contribution in [0.25, 0.3) is 0 Å². The van der Waals surface area contributed by atoms with Crippen molar-refractivity contribution in [2.45, 2.75) is 206 Å². The van der Waals surface area contributed by atoms with Crippen LogP contribution in [-0.2, 0) is 163 Å². The van der Waals surface area contributed by atoms with Crippen molar-refractivity contribution in [1.29, 1.82) is 0 Å². The summed E-state index contributed by atoms with van der Waals surface area (Å²) in [5.41, 5.74) is -14.8. The number of esters is 8. The van der Waals surface area contributed by atoms with Crippen molar-refractivity contribution in [3.05, 3.63) is 179 Å². The van der Waals surface area contributed by atoms with E-state index in [1.54, 1.807) is 12.1 Å². The number of ether oxygens (including phenoxy) is 8. The molecule has 6 aromatic rings. The van der Waals surface area contributed by atoms with E-state index in [1.165, 1.54) is 48.5 Å². The van der Waals surface area contributed by atoms with Crippen molar-refractivity contribution in [2.24, 2.45) is 41.4 Å². The van der Waals surface area contributed by atoms with Gasteiger partial charge in [0, 0.05) is 0 Å². The number of benzene rings is 6. The molecule has 0 amide bonds. The molecule has 9 rings (SSSR count). The van der Waals surface area contributed by atoms with Crippen LogP contribution in [0.4, 0.5) is 79.0 Å². The average Bonchev–Trinajstić information content (AvgIpc) is 0.761. The van der Waals surface area contributed by atoms with E-state index in [-0.39, 0.29) is 194 Å². The third-order valence-corrected chi connectivity index (χ3v) is 26.5. The summed E-state index contributed by atoms with van der Waals surface area (Å²) in [7, 11) is 67.6. The monoisotopic (exact) mass is 2120 g/mol. The Hall–Kier alpha value is -9.48. The molecule has 0 aliphatic heterocycles. The van der Waals surface area contributed by atoms with Gasteiger partial charge in [-0.05, 0) is 131 Å². The van der Waals surface area contributed by atoms with Crippen LogP contribution in [-0.4, -0.2) is 275 Å². The summed E-state index contributed by atoms with van der Waals surface area (Å²) in [6.45, 7) is 0. The van der Waals surface area contributed by atoms with E-state index in [0.717, 1.165) is 0 Å². The SMILES string of the molecule is [B]Cc1cc(C[B])c(OC(=O)C2CC(C(=O)Oc3c(C[B])cc(C[B])cc3C[B])CC(C(=O)OC(CS(=O)(=O)[O-])(C(F)(F)F)C(F)(F)F)C2)c(C[B])c1.[B]Cc1cc(C[B])c(OC(=O)C2CCCC3C(C(=O)OC(CS(=O)(=O)[O-])(C(F)(F)F)C(F)(F)F)CCCC23)c(C[B])c1.[B]Cc1cc(C[B])c(OC(=O)c2cc(C(=O)Oc3c(C[B])cc(C[B])cc3C[B])cc(C(=O)OC(CS(=O)(=O)[O-])(C(F)(F)F)C(F)(F)F)c2)c(C[B])c1. The number of fused-ring (bicyclic) bond motifs is 1. The summed E-state index contributed by atoms with van der Waals surface area (Å²) >= 11 is 0. The molecular formula is C87H74B15F18O25S3-3. The summed E-state index contributed by atoms with van der Waals surface area (Å²) < 4.78 is 391.